The van der Waals surface area contributed by atoms with Crippen molar-refractivity contribution in [3.63, 3.8) is 0 Å². The van der Waals surface area contributed by atoms with Crippen LogP contribution in [0.3, 0.4) is 0 Å². The minimum Gasteiger partial charge on any atom is -0.497 e. The van der Waals surface area contributed by atoms with E-state index in [-0.39, 0.29) is 0 Å². The highest BCUT2D eigenvalue weighted by Crippen LogP contribution is 2.50. The lowest BCUT2D eigenvalue weighted by molar-refractivity contribution is 0.0640. The molecule has 0 amide bonds. The summed E-state index contributed by atoms with van der Waals surface area (Å²) in [5, 5.41) is 20.1. The molecule has 1 N–H and O–H groups in total. The molecular weight excluding hydrogens is 238 g/mol. The monoisotopic (exact) mass is 259 g/mol. The molecule has 0 aromatic heterocycles. The summed E-state index contributed by atoms with van der Waals surface area (Å²) in [6.45, 7) is 2.15. The van der Waals surface area contributed by atoms with E-state index in [1.807, 2.05) is 24.3 Å². The predicted octanol–water partition coefficient (Wildman–Crippen LogP) is 3.45. The van der Waals surface area contributed by atoms with Gasteiger partial charge in [-0.15, -0.1) is 0 Å². The molecule has 0 saturated heterocycles. The summed E-state index contributed by atoms with van der Waals surface area (Å²) in [5.74, 6) is 1.33. The summed E-state index contributed by atoms with van der Waals surface area (Å²) in [7, 11) is 1.62. The van der Waals surface area contributed by atoms with Crippen molar-refractivity contribution in [3.05, 3.63) is 29.8 Å². The molecule has 0 heterocycles. The number of aliphatic hydroxyl groups excluding tert-OH is 1. The zero-order valence-corrected chi connectivity index (χ0v) is 11.6. The number of aliphatic hydroxyl groups is 1. The number of benzene rings is 1. The minimum atomic E-state index is -0.708. The van der Waals surface area contributed by atoms with Gasteiger partial charge in [-0.3, -0.25) is 0 Å². The molecule has 1 fully saturated rings. The van der Waals surface area contributed by atoms with Crippen LogP contribution >= 0.6 is 0 Å². The number of nitrogens with zero attached hydrogens (tertiary/aromatic N) is 1. The Morgan fingerprint density at radius 1 is 1.47 bits per heavy atom. The number of methoxy groups -OCH3 is 1. The van der Waals surface area contributed by atoms with Gasteiger partial charge in [0.1, 0.15) is 5.75 Å². The van der Waals surface area contributed by atoms with Crippen molar-refractivity contribution in [1.29, 1.82) is 5.26 Å². The van der Waals surface area contributed by atoms with Gasteiger partial charge in [0.15, 0.2) is 0 Å². The van der Waals surface area contributed by atoms with Gasteiger partial charge in [-0.1, -0.05) is 25.5 Å². The summed E-state index contributed by atoms with van der Waals surface area (Å²) in [6, 6.07) is 9.74. The molecule has 3 unspecified atom stereocenters. The molecule has 3 atom stereocenters. The van der Waals surface area contributed by atoms with E-state index >= 15 is 0 Å². The van der Waals surface area contributed by atoms with E-state index < -0.39 is 11.5 Å². The maximum absolute atomic E-state index is 10.6. The van der Waals surface area contributed by atoms with Crippen molar-refractivity contribution in [3.8, 4) is 11.8 Å². The number of nitriles is 1. The largest absolute Gasteiger partial charge is 0.497 e. The number of ether oxygens (including phenoxy) is 1. The zero-order chi connectivity index (χ0) is 13.9. The summed E-state index contributed by atoms with van der Waals surface area (Å²) >= 11 is 0. The predicted molar refractivity (Wildman–Crippen MR) is 73.6 cm³/mol. The fraction of sp³-hybridized carbons (Fsp3) is 0.562. The van der Waals surface area contributed by atoms with Gasteiger partial charge in [-0.25, -0.2) is 0 Å². The molecule has 0 aliphatic heterocycles. The molecule has 1 saturated carbocycles. The Labute approximate surface area is 114 Å². The topological polar surface area (TPSA) is 53.2 Å². The van der Waals surface area contributed by atoms with Crippen LogP contribution in [0.15, 0.2) is 24.3 Å². The summed E-state index contributed by atoms with van der Waals surface area (Å²) in [5.41, 5.74) is 0.189. The molecular formula is C16H21NO2. The number of hydrogen-bond donors (Lipinski definition) is 1. The first-order chi connectivity index (χ1) is 9.15. The Morgan fingerprint density at radius 3 is 2.63 bits per heavy atom. The van der Waals surface area contributed by atoms with E-state index in [0.717, 1.165) is 37.0 Å². The lowest BCUT2D eigenvalue weighted by Crippen LogP contribution is -2.24. The molecule has 3 heteroatoms. The average Bonchev–Trinajstić information content (AvgIpc) is 2.91. The van der Waals surface area contributed by atoms with Crippen molar-refractivity contribution >= 4 is 0 Å². The van der Waals surface area contributed by atoms with E-state index in [1.165, 1.54) is 0 Å². The first-order valence-corrected chi connectivity index (χ1v) is 6.88. The number of hydrogen-bond acceptors (Lipinski definition) is 3. The van der Waals surface area contributed by atoms with Crippen LogP contribution in [0.2, 0.25) is 0 Å². The molecule has 102 valence electrons. The summed E-state index contributed by atoms with van der Waals surface area (Å²) < 4.78 is 5.11. The molecule has 1 aliphatic carbocycles. The quantitative estimate of drug-likeness (QED) is 0.901. The normalized spacial score (nSPS) is 27.8. The smallest absolute Gasteiger partial charge is 0.118 e. The Morgan fingerprint density at radius 2 is 2.16 bits per heavy atom. The van der Waals surface area contributed by atoms with Gasteiger partial charge in [0.25, 0.3) is 0 Å². The summed E-state index contributed by atoms with van der Waals surface area (Å²) in [4.78, 5) is 0. The van der Waals surface area contributed by atoms with Crippen LogP contribution in [0.4, 0.5) is 0 Å². The average molecular weight is 259 g/mol. The van der Waals surface area contributed by atoms with Crippen LogP contribution in [-0.2, 0) is 0 Å². The highest BCUT2D eigenvalue weighted by Gasteiger charge is 2.45. The van der Waals surface area contributed by atoms with Gasteiger partial charge >= 0.3 is 0 Å². The van der Waals surface area contributed by atoms with E-state index in [9.17, 15) is 10.4 Å². The molecule has 0 bridgehead atoms. The summed E-state index contributed by atoms with van der Waals surface area (Å²) in [6.07, 6.45) is 3.00. The van der Waals surface area contributed by atoms with Gasteiger partial charge < -0.3 is 9.84 Å². The second-order valence-electron chi connectivity index (χ2n) is 5.46. The van der Waals surface area contributed by atoms with Crippen molar-refractivity contribution in [2.45, 2.75) is 38.7 Å². The Balaban J connectivity index is 2.21. The van der Waals surface area contributed by atoms with Crippen molar-refractivity contribution in [2.75, 3.05) is 7.11 Å². The van der Waals surface area contributed by atoms with E-state index in [1.54, 1.807) is 7.11 Å². The van der Waals surface area contributed by atoms with Crippen LogP contribution in [0.25, 0.3) is 0 Å². The second-order valence-corrected chi connectivity index (χ2v) is 5.46. The highest BCUT2D eigenvalue weighted by atomic mass is 16.5. The molecule has 1 aliphatic rings. The fourth-order valence-electron chi connectivity index (χ4n) is 3.05. The van der Waals surface area contributed by atoms with Crippen molar-refractivity contribution < 1.29 is 9.84 Å². The van der Waals surface area contributed by atoms with Gasteiger partial charge in [0.05, 0.1) is 24.7 Å². The Bertz CT molecular complexity index is 463. The number of rotatable bonds is 4. The first kappa shape index (κ1) is 13.9. The maximum Gasteiger partial charge on any atom is 0.118 e. The van der Waals surface area contributed by atoms with Crippen LogP contribution in [0.5, 0.6) is 5.75 Å². The third-order valence-electron chi connectivity index (χ3n) is 4.41. The van der Waals surface area contributed by atoms with Crippen LogP contribution in [0.1, 0.15) is 44.3 Å². The Hall–Kier alpha value is -1.53. The van der Waals surface area contributed by atoms with Crippen LogP contribution < -0.4 is 4.74 Å². The van der Waals surface area contributed by atoms with Crippen molar-refractivity contribution in [1.82, 2.24) is 0 Å². The maximum atomic E-state index is 10.6. The first-order valence-electron chi connectivity index (χ1n) is 6.88. The van der Waals surface area contributed by atoms with Crippen LogP contribution in [-0.4, -0.2) is 12.2 Å². The lowest BCUT2D eigenvalue weighted by Gasteiger charge is -2.27. The molecule has 0 spiro atoms. The SMILES string of the molecule is CCC1CCC(C#N)(C(O)c2ccc(OC)cc2)C1. The lowest BCUT2D eigenvalue weighted by atomic mass is 9.78. The van der Waals surface area contributed by atoms with Gasteiger partial charge in [-0.05, 0) is 42.9 Å². The molecule has 0 radical (unpaired) electrons. The molecule has 1 aromatic carbocycles. The third kappa shape index (κ3) is 2.59. The fourth-order valence-corrected chi connectivity index (χ4v) is 3.05. The van der Waals surface area contributed by atoms with Crippen LogP contribution in [0, 0.1) is 22.7 Å². The molecule has 1 aromatic rings. The molecule has 2 rings (SSSR count). The van der Waals surface area contributed by atoms with E-state index in [0.29, 0.717) is 5.92 Å². The third-order valence-corrected chi connectivity index (χ3v) is 4.41. The Kier molecular flexibility index (Phi) is 4.11. The zero-order valence-electron chi connectivity index (χ0n) is 11.6. The molecule has 19 heavy (non-hydrogen) atoms. The van der Waals surface area contributed by atoms with E-state index in [4.69, 9.17) is 4.74 Å². The van der Waals surface area contributed by atoms with Gasteiger partial charge in [-0.2, -0.15) is 5.26 Å². The van der Waals surface area contributed by atoms with Gasteiger partial charge in [0.2, 0.25) is 0 Å². The highest BCUT2D eigenvalue weighted by molar-refractivity contribution is 5.31. The van der Waals surface area contributed by atoms with E-state index in [2.05, 4.69) is 13.0 Å². The standard InChI is InChI=1S/C16H21NO2/c1-3-12-8-9-16(10-12,11-17)15(18)13-4-6-14(19-2)7-5-13/h4-7,12,15,18H,3,8-10H2,1-2H3. The minimum absolute atomic E-state index is 0.563. The second kappa shape index (κ2) is 5.63. The van der Waals surface area contributed by atoms with Crippen molar-refractivity contribution in [2.24, 2.45) is 11.3 Å². The van der Waals surface area contributed by atoms with Gasteiger partial charge in [0, 0.05) is 0 Å². The molecule has 3 nitrogen and oxygen atoms in total.